The Balaban J connectivity index is 2.67. The lowest BCUT2D eigenvalue weighted by Gasteiger charge is -2.35. The molecule has 15 nitrogen and oxygen atoms in total. The molecule has 0 aliphatic carbocycles. The monoisotopic (exact) mass is 671 g/mol. The number of carbonyl (C=O) groups excluding carboxylic acids is 2. The summed E-state index contributed by atoms with van der Waals surface area (Å²) in [6.07, 6.45) is 9.59. The van der Waals surface area contributed by atoms with E-state index in [0.29, 0.717) is 25.2 Å². The molecular weight excluding hydrogens is 614 g/mol. The maximum Gasteiger partial charge on any atom is 0.320 e. The number of rotatable bonds is 23. The predicted octanol–water partition coefficient (Wildman–Crippen LogP) is 1.30. The van der Waals surface area contributed by atoms with Gasteiger partial charge in [0.1, 0.15) is 11.8 Å². The molecule has 0 aromatic heterocycles. The summed E-state index contributed by atoms with van der Waals surface area (Å²) in [5.74, 6) is -4.23. The molecule has 0 bridgehead atoms. The lowest BCUT2D eigenvalue weighted by Crippen LogP contribution is -2.52. The van der Waals surface area contributed by atoms with E-state index in [4.69, 9.17) is 0 Å². The molecule has 47 heavy (non-hydrogen) atoms. The maximum absolute atomic E-state index is 12.6. The SMILES string of the molecule is CCC(=O)CCCCCCCCCCNC(=O)CCC(C(=O)O)N1CCN(CC(=O)O)CCN(CC(=O)O)CCN(CC(=O)O)CC1. The summed E-state index contributed by atoms with van der Waals surface area (Å²) >= 11 is 0. The van der Waals surface area contributed by atoms with Crippen molar-refractivity contribution < 1.29 is 49.2 Å². The first-order chi connectivity index (χ1) is 22.4. The molecule has 1 atom stereocenters. The summed E-state index contributed by atoms with van der Waals surface area (Å²) in [6, 6.07) is -1.04. The van der Waals surface area contributed by atoms with Gasteiger partial charge in [0.05, 0.1) is 19.6 Å². The number of carboxylic acids is 4. The minimum Gasteiger partial charge on any atom is -0.480 e. The highest BCUT2D eigenvalue weighted by Crippen LogP contribution is 2.12. The number of amides is 1. The number of unbranched alkanes of at least 4 members (excludes halogenated alkanes) is 7. The van der Waals surface area contributed by atoms with Crippen LogP contribution < -0.4 is 5.32 Å². The summed E-state index contributed by atoms with van der Waals surface area (Å²) in [5, 5.41) is 41.1. The fraction of sp³-hybridized carbons (Fsp3) is 0.812. The van der Waals surface area contributed by atoms with Crippen LogP contribution in [0.1, 0.15) is 84.0 Å². The number of nitrogens with zero attached hydrogens (tertiary/aromatic N) is 4. The highest BCUT2D eigenvalue weighted by molar-refractivity contribution is 5.78. The number of carbonyl (C=O) groups is 6. The van der Waals surface area contributed by atoms with Crippen LogP contribution in [0.4, 0.5) is 0 Å². The molecule has 1 unspecified atom stereocenters. The van der Waals surface area contributed by atoms with Crippen molar-refractivity contribution in [1.82, 2.24) is 24.9 Å². The molecule has 0 aromatic carbocycles. The van der Waals surface area contributed by atoms with Crippen molar-refractivity contribution >= 4 is 35.6 Å². The minimum absolute atomic E-state index is 0.00414. The average molecular weight is 672 g/mol. The van der Waals surface area contributed by atoms with Gasteiger partial charge in [-0.05, 0) is 19.3 Å². The van der Waals surface area contributed by atoms with Gasteiger partial charge in [0, 0.05) is 78.2 Å². The smallest absolute Gasteiger partial charge is 0.320 e. The molecule has 270 valence electrons. The molecule has 1 rings (SSSR count). The van der Waals surface area contributed by atoms with Gasteiger partial charge in [-0.25, -0.2) is 0 Å². The van der Waals surface area contributed by atoms with Gasteiger partial charge in [0.2, 0.25) is 5.91 Å². The quantitative estimate of drug-likeness (QED) is 0.0971. The molecule has 1 aliphatic rings. The van der Waals surface area contributed by atoms with Crippen molar-refractivity contribution in [2.24, 2.45) is 0 Å². The third kappa shape index (κ3) is 21.4. The number of aliphatic carboxylic acids is 4. The average Bonchev–Trinajstić information content (AvgIpc) is 2.99. The van der Waals surface area contributed by atoms with E-state index >= 15 is 0 Å². The van der Waals surface area contributed by atoms with Crippen molar-refractivity contribution in [3.05, 3.63) is 0 Å². The molecule has 5 N–H and O–H groups in total. The molecule has 1 saturated heterocycles. The molecule has 0 aromatic rings. The Morgan fingerprint density at radius 1 is 0.574 bits per heavy atom. The number of ketones is 1. The number of hydrogen-bond acceptors (Lipinski definition) is 10. The van der Waals surface area contributed by atoms with Crippen LogP contribution in [0.15, 0.2) is 0 Å². The first-order valence-electron chi connectivity index (χ1n) is 17.0. The Labute approximate surface area is 278 Å². The van der Waals surface area contributed by atoms with Crippen LogP contribution in [0.3, 0.4) is 0 Å². The molecule has 0 radical (unpaired) electrons. The maximum atomic E-state index is 12.6. The van der Waals surface area contributed by atoms with E-state index in [9.17, 15) is 49.2 Å². The number of Topliss-reactive ketones (excluding diaryl/α,β-unsaturated/α-hetero) is 1. The first-order valence-corrected chi connectivity index (χ1v) is 17.0. The van der Waals surface area contributed by atoms with Crippen molar-refractivity contribution in [3.63, 3.8) is 0 Å². The van der Waals surface area contributed by atoms with Gasteiger partial charge >= 0.3 is 23.9 Å². The molecule has 1 fully saturated rings. The van der Waals surface area contributed by atoms with Crippen molar-refractivity contribution in [2.45, 2.75) is 90.0 Å². The molecule has 0 spiro atoms. The van der Waals surface area contributed by atoms with Crippen molar-refractivity contribution in [3.8, 4) is 0 Å². The Bertz CT molecular complexity index is 950. The Morgan fingerprint density at radius 3 is 1.38 bits per heavy atom. The summed E-state index contributed by atoms with van der Waals surface area (Å²) in [7, 11) is 0. The zero-order valence-electron chi connectivity index (χ0n) is 28.1. The fourth-order valence-corrected chi connectivity index (χ4v) is 5.64. The van der Waals surface area contributed by atoms with E-state index < -0.39 is 29.9 Å². The van der Waals surface area contributed by atoms with Crippen LogP contribution in [0.5, 0.6) is 0 Å². The Kier molecular flexibility index (Phi) is 22.2. The zero-order valence-corrected chi connectivity index (χ0v) is 28.1. The molecule has 1 heterocycles. The van der Waals surface area contributed by atoms with E-state index in [-0.39, 0.29) is 90.7 Å². The number of carboxylic acid groups (broad SMARTS) is 4. The molecule has 0 saturated carbocycles. The summed E-state index contributed by atoms with van der Waals surface area (Å²) in [6.45, 7) is 3.18. The van der Waals surface area contributed by atoms with E-state index in [1.54, 1.807) is 19.6 Å². The second-order valence-corrected chi connectivity index (χ2v) is 12.3. The number of nitrogens with one attached hydrogen (secondary N) is 1. The summed E-state index contributed by atoms with van der Waals surface area (Å²) in [4.78, 5) is 77.2. The summed E-state index contributed by atoms with van der Waals surface area (Å²) in [5.41, 5.74) is 0. The van der Waals surface area contributed by atoms with Crippen LogP contribution in [0, 0.1) is 0 Å². The van der Waals surface area contributed by atoms with E-state index in [1.807, 2.05) is 6.92 Å². The molecule has 15 heteroatoms. The topological polar surface area (TPSA) is 208 Å². The molecule has 1 amide bonds. The first kappa shape index (κ1) is 41.9. The standard InChI is InChI=1S/C32H57N5O10/c1-2-26(38)11-9-7-5-3-4-6-8-10-14-33-28(39)13-12-27(32(46)47)37-21-19-35(24-30(42)43)17-15-34(23-29(40)41)16-18-36(20-22-37)25-31(44)45/h27H,2-25H2,1H3,(H,33,39)(H,40,41)(H,42,43)(H,44,45)(H,46,47). The van der Waals surface area contributed by atoms with Gasteiger partial charge in [0.25, 0.3) is 0 Å². The highest BCUT2D eigenvalue weighted by atomic mass is 16.4. The minimum atomic E-state index is -1.12. The van der Waals surface area contributed by atoms with Gasteiger partial charge < -0.3 is 25.7 Å². The van der Waals surface area contributed by atoms with Crippen LogP contribution >= 0.6 is 0 Å². The fourth-order valence-electron chi connectivity index (χ4n) is 5.64. The highest BCUT2D eigenvalue weighted by Gasteiger charge is 2.28. The molecule has 1 aliphatic heterocycles. The van der Waals surface area contributed by atoms with E-state index in [2.05, 4.69) is 5.32 Å². The van der Waals surface area contributed by atoms with Gasteiger partial charge in [-0.1, -0.05) is 45.4 Å². The second-order valence-electron chi connectivity index (χ2n) is 12.3. The van der Waals surface area contributed by atoms with E-state index in [1.165, 1.54) is 0 Å². The van der Waals surface area contributed by atoms with E-state index in [0.717, 1.165) is 51.4 Å². The van der Waals surface area contributed by atoms with Crippen molar-refractivity contribution in [1.29, 1.82) is 0 Å². The van der Waals surface area contributed by atoms with Gasteiger partial charge in [-0.2, -0.15) is 0 Å². The van der Waals surface area contributed by atoms with Gasteiger partial charge in [-0.15, -0.1) is 0 Å². The Morgan fingerprint density at radius 2 is 0.979 bits per heavy atom. The lowest BCUT2D eigenvalue weighted by atomic mass is 10.1. The van der Waals surface area contributed by atoms with Gasteiger partial charge in [-0.3, -0.25) is 48.4 Å². The number of hydrogen-bond donors (Lipinski definition) is 5. The van der Waals surface area contributed by atoms with Crippen molar-refractivity contribution in [2.75, 3.05) is 78.5 Å². The summed E-state index contributed by atoms with van der Waals surface area (Å²) < 4.78 is 0. The second kappa shape index (κ2) is 25.0. The van der Waals surface area contributed by atoms with Crippen LogP contribution in [-0.4, -0.2) is 160 Å². The van der Waals surface area contributed by atoms with Crippen LogP contribution in [-0.2, 0) is 28.8 Å². The zero-order chi connectivity index (χ0) is 35.0. The Hall–Kier alpha value is -3.14. The van der Waals surface area contributed by atoms with Gasteiger partial charge in [0.15, 0.2) is 0 Å². The predicted molar refractivity (Wildman–Crippen MR) is 174 cm³/mol. The normalized spacial score (nSPS) is 16.9. The lowest BCUT2D eigenvalue weighted by molar-refractivity contribution is -0.145. The third-order valence-electron chi connectivity index (χ3n) is 8.42. The largest absolute Gasteiger partial charge is 0.480 e. The third-order valence-corrected chi connectivity index (χ3v) is 8.42. The van der Waals surface area contributed by atoms with Crippen LogP contribution in [0.25, 0.3) is 0 Å². The molecular formula is C32H57N5O10. The van der Waals surface area contributed by atoms with Crippen LogP contribution in [0.2, 0.25) is 0 Å².